The van der Waals surface area contributed by atoms with Crippen LogP contribution in [0.2, 0.25) is 0 Å². The Morgan fingerprint density at radius 3 is 2.52 bits per heavy atom. The molecule has 1 saturated heterocycles. The molecule has 2 aliphatic carbocycles. The Morgan fingerprint density at radius 2 is 1.78 bits per heavy atom. The second-order valence-electron chi connectivity index (χ2n) is 8.66. The van der Waals surface area contributed by atoms with Crippen LogP contribution in [-0.4, -0.2) is 37.2 Å². The van der Waals surface area contributed by atoms with Crippen LogP contribution in [0.3, 0.4) is 0 Å². The molecule has 2 aromatic carbocycles. The number of rotatable bonds is 5. The van der Waals surface area contributed by atoms with Crippen LogP contribution in [-0.2, 0) is 16.1 Å². The summed E-state index contributed by atoms with van der Waals surface area (Å²) in [5.74, 6) is 3.70. The highest BCUT2D eigenvalue weighted by Crippen LogP contribution is 2.57. The first-order valence-corrected chi connectivity index (χ1v) is 10.1. The zero-order valence-electron chi connectivity index (χ0n) is 16.1. The maximum Gasteiger partial charge on any atom is 0.311 e. The molecule has 3 aliphatic rings. The molecule has 1 heterocycles. The number of likely N-dealkylation sites (tertiary alicyclic amines) is 1. The first-order valence-electron chi connectivity index (χ1n) is 10.1. The van der Waals surface area contributed by atoms with E-state index in [9.17, 15) is 4.79 Å². The SMILES string of the molecule is COC(=O)C1CN(Cc2ccc3cc(OC4CC5C(C)C5C4)ccc3c2)C1. The van der Waals surface area contributed by atoms with Crippen molar-refractivity contribution in [2.75, 3.05) is 20.2 Å². The molecule has 5 rings (SSSR count). The van der Waals surface area contributed by atoms with Crippen LogP contribution in [0.4, 0.5) is 0 Å². The maximum absolute atomic E-state index is 11.5. The Bertz CT molecular complexity index is 861. The predicted molar refractivity (Wildman–Crippen MR) is 105 cm³/mol. The Kier molecular flexibility index (Phi) is 4.12. The highest BCUT2D eigenvalue weighted by Gasteiger charge is 2.53. The lowest BCUT2D eigenvalue weighted by Crippen LogP contribution is -2.49. The van der Waals surface area contributed by atoms with Gasteiger partial charge in [-0.2, -0.15) is 0 Å². The zero-order valence-corrected chi connectivity index (χ0v) is 16.1. The van der Waals surface area contributed by atoms with Crippen molar-refractivity contribution in [2.45, 2.75) is 32.4 Å². The number of nitrogens with zero attached hydrogens (tertiary/aromatic N) is 1. The predicted octanol–water partition coefficient (Wildman–Crippen LogP) is 3.87. The fraction of sp³-hybridized carbons (Fsp3) is 0.522. The van der Waals surface area contributed by atoms with E-state index in [0.717, 1.165) is 43.1 Å². The molecular weight excluding hydrogens is 338 g/mol. The molecule has 27 heavy (non-hydrogen) atoms. The number of ether oxygens (including phenoxy) is 2. The van der Waals surface area contributed by atoms with Crippen molar-refractivity contribution in [1.82, 2.24) is 4.90 Å². The van der Waals surface area contributed by atoms with Gasteiger partial charge in [0.1, 0.15) is 5.75 Å². The smallest absolute Gasteiger partial charge is 0.311 e. The molecule has 142 valence electrons. The lowest BCUT2D eigenvalue weighted by molar-refractivity contribution is -0.151. The van der Waals surface area contributed by atoms with Gasteiger partial charge in [0, 0.05) is 19.6 Å². The first kappa shape index (κ1) is 17.1. The first-order chi connectivity index (χ1) is 13.1. The highest BCUT2D eigenvalue weighted by atomic mass is 16.5. The quantitative estimate of drug-likeness (QED) is 0.754. The molecule has 4 nitrogen and oxygen atoms in total. The van der Waals surface area contributed by atoms with E-state index in [2.05, 4.69) is 48.2 Å². The zero-order chi connectivity index (χ0) is 18.5. The van der Waals surface area contributed by atoms with E-state index in [1.54, 1.807) is 0 Å². The summed E-state index contributed by atoms with van der Waals surface area (Å²) in [6, 6.07) is 13.1. The Balaban J connectivity index is 1.21. The van der Waals surface area contributed by atoms with E-state index in [1.807, 2.05) is 0 Å². The molecule has 1 aliphatic heterocycles. The number of fused-ring (bicyclic) bond motifs is 2. The summed E-state index contributed by atoms with van der Waals surface area (Å²) in [5.41, 5.74) is 1.28. The Hall–Kier alpha value is -2.07. The molecule has 0 spiro atoms. The Morgan fingerprint density at radius 1 is 1.07 bits per heavy atom. The number of methoxy groups -OCH3 is 1. The molecule has 0 amide bonds. The van der Waals surface area contributed by atoms with Crippen molar-refractivity contribution >= 4 is 16.7 Å². The summed E-state index contributed by atoms with van der Waals surface area (Å²) >= 11 is 0. The van der Waals surface area contributed by atoms with Crippen molar-refractivity contribution in [1.29, 1.82) is 0 Å². The fourth-order valence-electron chi connectivity index (χ4n) is 5.13. The van der Waals surface area contributed by atoms with Gasteiger partial charge in [-0.25, -0.2) is 0 Å². The van der Waals surface area contributed by atoms with Gasteiger partial charge < -0.3 is 9.47 Å². The third kappa shape index (κ3) is 3.20. The third-order valence-electron chi connectivity index (χ3n) is 6.91. The molecular formula is C23H27NO3. The number of carbonyl (C=O) groups is 1. The number of hydrogen-bond donors (Lipinski definition) is 0. The molecule has 0 N–H and O–H groups in total. The van der Waals surface area contributed by atoms with Gasteiger partial charge in [0.05, 0.1) is 19.1 Å². The van der Waals surface area contributed by atoms with Gasteiger partial charge in [-0.1, -0.05) is 25.1 Å². The molecule has 4 heteroatoms. The topological polar surface area (TPSA) is 38.8 Å². The molecule has 0 radical (unpaired) electrons. The summed E-state index contributed by atoms with van der Waals surface area (Å²) in [6.07, 6.45) is 2.86. The van der Waals surface area contributed by atoms with Crippen molar-refractivity contribution < 1.29 is 14.3 Å². The largest absolute Gasteiger partial charge is 0.490 e. The average molecular weight is 365 g/mol. The second kappa shape index (κ2) is 6.52. The van der Waals surface area contributed by atoms with E-state index >= 15 is 0 Å². The van der Waals surface area contributed by atoms with Crippen LogP contribution in [0.5, 0.6) is 5.75 Å². The monoisotopic (exact) mass is 365 g/mol. The number of carbonyl (C=O) groups excluding carboxylic acids is 1. The van der Waals surface area contributed by atoms with Crippen LogP contribution in [0.15, 0.2) is 36.4 Å². The minimum atomic E-state index is -0.0914. The lowest BCUT2D eigenvalue weighted by Gasteiger charge is -2.37. The van der Waals surface area contributed by atoms with E-state index in [0.29, 0.717) is 6.10 Å². The third-order valence-corrected chi connectivity index (χ3v) is 6.91. The Labute approximate surface area is 160 Å². The van der Waals surface area contributed by atoms with Gasteiger partial charge in [0.2, 0.25) is 0 Å². The highest BCUT2D eigenvalue weighted by molar-refractivity contribution is 5.84. The number of benzene rings is 2. The molecule has 2 atom stereocenters. The molecule has 0 bridgehead atoms. The maximum atomic E-state index is 11.5. The van der Waals surface area contributed by atoms with Crippen molar-refractivity contribution in [2.24, 2.45) is 23.7 Å². The summed E-state index contributed by atoms with van der Waals surface area (Å²) < 4.78 is 11.1. The van der Waals surface area contributed by atoms with E-state index in [-0.39, 0.29) is 11.9 Å². The van der Waals surface area contributed by atoms with E-state index in [1.165, 1.54) is 36.3 Å². The summed E-state index contributed by atoms with van der Waals surface area (Å²) in [4.78, 5) is 13.8. The normalized spacial score (nSPS) is 30.0. The van der Waals surface area contributed by atoms with Gasteiger partial charge >= 0.3 is 5.97 Å². The van der Waals surface area contributed by atoms with Crippen molar-refractivity contribution in [3.05, 3.63) is 42.0 Å². The lowest BCUT2D eigenvalue weighted by atomic mass is 9.99. The summed E-state index contributed by atoms with van der Waals surface area (Å²) in [5, 5.41) is 2.47. The van der Waals surface area contributed by atoms with Crippen LogP contribution in [0, 0.1) is 23.7 Å². The van der Waals surface area contributed by atoms with Gasteiger partial charge in [-0.15, -0.1) is 0 Å². The van der Waals surface area contributed by atoms with Gasteiger partial charge in [-0.05, 0) is 65.1 Å². The molecule has 2 saturated carbocycles. The van der Waals surface area contributed by atoms with Crippen LogP contribution < -0.4 is 4.74 Å². The van der Waals surface area contributed by atoms with Crippen molar-refractivity contribution in [3.63, 3.8) is 0 Å². The number of hydrogen-bond acceptors (Lipinski definition) is 4. The minimum absolute atomic E-state index is 0.0415. The molecule has 0 aromatic heterocycles. The molecule has 2 unspecified atom stereocenters. The van der Waals surface area contributed by atoms with Gasteiger partial charge in [-0.3, -0.25) is 9.69 Å². The second-order valence-corrected chi connectivity index (χ2v) is 8.66. The molecule has 3 fully saturated rings. The summed E-state index contributed by atoms with van der Waals surface area (Å²) in [7, 11) is 1.46. The van der Waals surface area contributed by atoms with E-state index < -0.39 is 0 Å². The van der Waals surface area contributed by atoms with E-state index in [4.69, 9.17) is 9.47 Å². The fourth-order valence-corrected chi connectivity index (χ4v) is 5.13. The molecule has 2 aromatic rings. The number of esters is 1. The van der Waals surface area contributed by atoms with Gasteiger partial charge in [0.25, 0.3) is 0 Å². The average Bonchev–Trinajstić information content (AvgIpc) is 3.04. The minimum Gasteiger partial charge on any atom is -0.490 e. The van der Waals surface area contributed by atoms with Crippen LogP contribution in [0.1, 0.15) is 25.3 Å². The van der Waals surface area contributed by atoms with Gasteiger partial charge in [0.15, 0.2) is 0 Å². The summed E-state index contributed by atoms with van der Waals surface area (Å²) in [6.45, 7) is 4.83. The standard InChI is InChI=1S/C23H27NO3/c1-14-21-9-20(10-22(14)21)27-19-6-5-16-7-15(3-4-17(16)8-19)11-24-12-18(13-24)23(25)26-2/h3-8,14,18,20-22H,9-13H2,1-2H3. The van der Waals surface area contributed by atoms with Crippen molar-refractivity contribution in [3.8, 4) is 5.75 Å². The van der Waals surface area contributed by atoms with Crippen LogP contribution >= 0.6 is 0 Å². The van der Waals surface area contributed by atoms with Crippen LogP contribution in [0.25, 0.3) is 10.8 Å².